The molecule has 0 unspecified atom stereocenters. The first-order valence-electron chi connectivity index (χ1n) is 10.6. The second-order valence-corrected chi connectivity index (χ2v) is 8.89. The monoisotopic (exact) mass is 455 g/mol. The fourth-order valence-corrected chi connectivity index (χ4v) is 4.88. The van der Waals surface area contributed by atoms with Crippen LogP contribution >= 0.6 is 22.9 Å². The Bertz CT molecular complexity index is 1210. The van der Waals surface area contributed by atoms with Crippen LogP contribution in [0.5, 0.6) is 5.75 Å². The van der Waals surface area contributed by atoms with Crippen molar-refractivity contribution < 1.29 is 14.3 Å². The number of carbonyl (C=O) groups is 1. The Balaban J connectivity index is 1.72. The Hall–Kier alpha value is -2.50. The Morgan fingerprint density at radius 1 is 1.10 bits per heavy atom. The number of unbranched alkanes of at least 4 members (excludes halogenated alkanes) is 1. The van der Waals surface area contributed by atoms with Crippen molar-refractivity contribution in [2.75, 3.05) is 13.2 Å². The van der Waals surface area contributed by atoms with E-state index >= 15 is 0 Å². The number of rotatable bonds is 9. The molecule has 4 rings (SSSR count). The minimum absolute atomic E-state index is 0.211. The van der Waals surface area contributed by atoms with E-state index in [1.165, 1.54) is 15.6 Å². The summed E-state index contributed by atoms with van der Waals surface area (Å²) in [6, 6.07) is 12.1. The van der Waals surface area contributed by atoms with Gasteiger partial charge < -0.3 is 14.0 Å². The molecular weight excluding hydrogens is 430 g/mol. The Labute approximate surface area is 191 Å². The average molecular weight is 456 g/mol. The van der Waals surface area contributed by atoms with E-state index < -0.39 is 0 Å². The summed E-state index contributed by atoms with van der Waals surface area (Å²) in [5, 5.41) is 5.13. The molecule has 0 radical (unpaired) electrons. The van der Waals surface area contributed by atoms with E-state index in [9.17, 15) is 4.79 Å². The molecule has 0 amide bonds. The van der Waals surface area contributed by atoms with Crippen molar-refractivity contribution in [2.45, 2.75) is 39.7 Å². The summed E-state index contributed by atoms with van der Waals surface area (Å²) in [6.07, 6.45) is 4.43. The lowest BCUT2D eigenvalue weighted by Crippen LogP contribution is -2.07. The summed E-state index contributed by atoms with van der Waals surface area (Å²) in [4.78, 5) is 12.2. The van der Waals surface area contributed by atoms with Gasteiger partial charge in [0.1, 0.15) is 5.75 Å². The predicted octanol–water partition coefficient (Wildman–Crippen LogP) is 6.84. The number of hydrogen-bond donors (Lipinski definition) is 0. The molecule has 0 fully saturated rings. The number of benzene rings is 2. The van der Waals surface area contributed by atoms with Gasteiger partial charge in [-0.25, -0.2) is 0 Å². The lowest BCUT2D eigenvalue weighted by atomic mass is 10.1. The quantitative estimate of drug-likeness (QED) is 0.205. The summed E-state index contributed by atoms with van der Waals surface area (Å²) in [5.74, 6) is 0.638. The first-order chi connectivity index (χ1) is 15.1. The highest BCUT2D eigenvalue weighted by atomic mass is 35.5. The molecule has 4 aromatic rings. The van der Waals surface area contributed by atoms with Crippen molar-refractivity contribution in [3.05, 3.63) is 64.1 Å². The molecule has 2 heterocycles. The van der Waals surface area contributed by atoms with Crippen LogP contribution in [-0.4, -0.2) is 23.8 Å². The fourth-order valence-electron chi connectivity index (χ4n) is 3.77. The molecule has 0 saturated carbocycles. The number of esters is 1. The highest BCUT2D eigenvalue weighted by Crippen LogP contribution is 2.32. The van der Waals surface area contributed by atoms with Crippen molar-refractivity contribution in [3.8, 4) is 5.75 Å². The lowest BCUT2D eigenvalue weighted by molar-refractivity contribution is -0.142. The van der Waals surface area contributed by atoms with Crippen LogP contribution in [0.4, 0.5) is 0 Å². The van der Waals surface area contributed by atoms with Crippen LogP contribution in [0.25, 0.3) is 21.0 Å². The number of hydrogen-bond acceptors (Lipinski definition) is 4. The van der Waals surface area contributed by atoms with Gasteiger partial charge in [-0.05, 0) is 65.6 Å². The second-order valence-electron chi connectivity index (χ2n) is 7.55. The van der Waals surface area contributed by atoms with Crippen molar-refractivity contribution >= 4 is 49.9 Å². The average Bonchev–Trinajstić information content (AvgIpc) is 3.30. The number of fused-ring (bicyclic) bond motifs is 2. The zero-order valence-electron chi connectivity index (χ0n) is 17.8. The molecule has 2 aromatic heterocycles. The van der Waals surface area contributed by atoms with Crippen LogP contribution in [0.1, 0.15) is 37.8 Å². The molecule has 31 heavy (non-hydrogen) atoms. The Kier molecular flexibility index (Phi) is 6.83. The molecule has 0 aliphatic rings. The molecular formula is C25H26ClNO3S. The van der Waals surface area contributed by atoms with Crippen LogP contribution in [0.3, 0.4) is 0 Å². The van der Waals surface area contributed by atoms with E-state index in [0.717, 1.165) is 40.1 Å². The number of carbonyl (C=O) groups excluding carboxylic acids is 1. The van der Waals surface area contributed by atoms with Crippen molar-refractivity contribution in [1.82, 2.24) is 4.57 Å². The third kappa shape index (κ3) is 4.89. The maximum atomic E-state index is 12.2. The van der Waals surface area contributed by atoms with Gasteiger partial charge in [0, 0.05) is 33.9 Å². The topological polar surface area (TPSA) is 40.5 Å². The van der Waals surface area contributed by atoms with Crippen molar-refractivity contribution in [2.24, 2.45) is 0 Å². The van der Waals surface area contributed by atoms with Gasteiger partial charge in [0.2, 0.25) is 0 Å². The van der Waals surface area contributed by atoms with Crippen LogP contribution < -0.4 is 4.74 Å². The SMILES string of the molecule is CCCCOc1ccc2c(CC(=O)OCC)cn(Cc3csc4ccc(Cl)cc34)c2c1. The summed E-state index contributed by atoms with van der Waals surface area (Å²) in [6.45, 7) is 5.75. The van der Waals surface area contributed by atoms with E-state index in [0.29, 0.717) is 19.8 Å². The zero-order chi connectivity index (χ0) is 21.8. The van der Waals surface area contributed by atoms with Gasteiger partial charge in [-0.2, -0.15) is 0 Å². The molecule has 4 nitrogen and oxygen atoms in total. The lowest BCUT2D eigenvalue weighted by Gasteiger charge is -2.08. The zero-order valence-corrected chi connectivity index (χ0v) is 19.4. The van der Waals surface area contributed by atoms with Gasteiger partial charge in [-0.1, -0.05) is 24.9 Å². The first-order valence-corrected chi connectivity index (χ1v) is 11.9. The smallest absolute Gasteiger partial charge is 0.310 e. The van der Waals surface area contributed by atoms with E-state index in [-0.39, 0.29) is 12.4 Å². The predicted molar refractivity (Wildman–Crippen MR) is 129 cm³/mol. The number of ether oxygens (including phenoxy) is 2. The largest absolute Gasteiger partial charge is 0.494 e. The highest BCUT2D eigenvalue weighted by Gasteiger charge is 2.15. The standard InChI is InChI=1S/C25H26ClNO3S/c1-3-5-10-30-20-7-8-21-17(11-25(28)29-4-2)14-27(23(21)13-20)15-18-16-31-24-9-6-19(26)12-22(18)24/h6-9,12-14,16H,3-5,10-11,15H2,1-2H3. The Morgan fingerprint density at radius 3 is 2.77 bits per heavy atom. The summed E-state index contributed by atoms with van der Waals surface area (Å²) < 4.78 is 14.5. The molecule has 0 aliphatic carbocycles. The van der Waals surface area contributed by atoms with E-state index in [1.54, 1.807) is 11.3 Å². The number of halogens is 1. The minimum atomic E-state index is -0.211. The molecule has 2 aromatic carbocycles. The van der Waals surface area contributed by atoms with Gasteiger partial charge in [-0.3, -0.25) is 4.79 Å². The van der Waals surface area contributed by atoms with Gasteiger partial charge in [-0.15, -0.1) is 11.3 Å². The summed E-state index contributed by atoms with van der Waals surface area (Å²) >= 11 is 7.97. The molecule has 0 saturated heterocycles. The molecule has 0 bridgehead atoms. The maximum Gasteiger partial charge on any atom is 0.310 e. The molecule has 0 atom stereocenters. The molecule has 162 valence electrons. The molecule has 0 N–H and O–H groups in total. The number of thiophene rings is 1. The minimum Gasteiger partial charge on any atom is -0.494 e. The number of nitrogens with zero attached hydrogens (tertiary/aromatic N) is 1. The molecule has 0 spiro atoms. The Morgan fingerprint density at radius 2 is 1.97 bits per heavy atom. The van der Waals surface area contributed by atoms with Crippen molar-refractivity contribution in [1.29, 1.82) is 0 Å². The third-order valence-electron chi connectivity index (χ3n) is 5.30. The number of aromatic nitrogens is 1. The first kappa shape index (κ1) is 21.7. The van der Waals surface area contributed by atoms with Gasteiger partial charge in [0.15, 0.2) is 0 Å². The van der Waals surface area contributed by atoms with Crippen molar-refractivity contribution in [3.63, 3.8) is 0 Å². The summed E-state index contributed by atoms with van der Waals surface area (Å²) in [7, 11) is 0. The van der Waals surface area contributed by atoms with E-state index in [2.05, 4.69) is 35.2 Å². The molecule has 6 heteroatoms. The third-order valence-corrected chi connectivity index (χ3v) is 6.55. The molecule has 0 aliphatic heterocycles. The highest BCUT2D eigenvalue weighted by molar-refractivity contribution is 7.17. The fraction of sp³-hybridized carbons (Fsp3) is 0.320. The normalized spacial score (nSPS) is 11.3. The maximum absolute atomic E-state index is 12.2. The van der Waals surface area contributed by atoms with Gasteiger partial charge >= 0.3 is 5.97 Å². The van der Waals surface area contributed by atoms with Crippen LogP contribution in [0, 0.1) is 0 Å². The van der Waals surface area contributed by atoms with Crippen LogP contribution in [0.2, 0.25) is 5.02 Å². The van der Waals surface area contributed by atoms with Gasteiger partial charge in [0.05, 0.1) is 25.2 Å². The van der Waals surface area contributed by atoms with Crippen LogP contribution in [-0.2, 0) is 22.5 Å². The van der Waals surface area contributed by atoms with E-state index in [4.69, 9.17) is 21.1 Å². The second kappa shape index (κ2) is 9.75. The van der Waals surface area contributed by atoms with Crippen LogP contribution in [0.15, 0.2) is 48.0 Å². The van der Waals surface area contributed by atoms with E-state index in [1.807, 2.05) is 31.2 Å². The summed E-state index contributed by atoms with van der Waals surface area (Å²) in [5.41, 5.74) is 3.22. The van der Waals surface area contributed by atoms with Gasteiger partial charge in [0.25, 0.3) is 0 Å².